The fourth-order valence-electron chi connectivity index (χ4n) is 4.83. The lowest BCUT2D eigenvalue weighted by molar-refractivity contribution is 0.0155. The number of hydrogen-bond donors (Lipinski definition) is 2. The highest BCUT2D eigenvalue weighted by Gasteiger charge is 2.54. The third-order valence-electron chi connectivity index (χ3n) is 6.19. The van der Waals surface area contributed by atoms with Crippen LogP contribution in [0.25, 0.3) is 0 Å². The van der Waals surface area contributed by atoms with Gasteiger partial charge < -0.3 is 15.8 Å². The van der Waals surface area contributed by atoms with Crippen LogP contribution in [0.2, 0.25) is 5.02 Å². The number of fused-ring (bicyclic) bond motifs is 4. The molecular weight excluding hydrogens is 507 g/mol. The van der Waals surface area contributed by atoms with Crippen molar-refractivity contribution in [2.24, 2.45) is 16.6 Å². The van der Waals surface area contributed by atoms with Crippen LogP contribution in [0.1, 0.15) is 35.3 Å². The zero-order valence-corrected chi connectivity index (χ0v) is 19.4. The molecular formula is C21H19BrClFN4O2S. The number of nitrogens with two attached hydrogens (primary N) is 1. The molecule has 1 aliphatic carbocycles. The molecule has 3 aliphatic rings. The van der Waals surface area contributed by atoms with E-state index >= 15 is 0 Å². The standard InChI is InChI=1S/C21H19BrClFN4O2S/c22-10-1-3-16-13(5-10)21(9-31-20(25)28-21)14-7-12(2-4-17(14)30-16)27-19(29)18-15(24)6-11(23)8-26-18/h1,3,5-6,8,12,14,17H,2,4,7,9H2,(H2,25,28)(H,27,29)/t12-,14-,17-,21?/m0/s1. The van der Waals surface area contributed by atoms with Crippen molar-refractivity contribution in [1.29, 1.82) is 0 Å². The summed E-state index contributed by atoms with van der Waals surface area (Å²) in [6, 6.07) is 6.91. The number of aromatic nitrogens is 1. The topological polar surface area (TPSA) is 89.6 Å². The van der Waals surface area contributed by atoms with Gasteiger partial charge in [-0.1, -0.05) is 39.3 Å². The monoisotopic (exact) mass is 524 g/mol. The van der Waals surface area contributed by atoms with E-state index in [1.807, 2.05) is 18.2 Å². The van der Waals surface area contributed by atoms with Crippen LogP contribution in [-0.4, -0.2) is 34.0 Å². The second kappa shape index (κ2) is 7.94. The van der Waals surface area contributed by atoms with Gasteiger partial charge in [-0.25, -0.2) is 14.4 Å². The summed E-state index contributed by atoms with van der Waals surface area (Å²) in [5.74, 6) is 0.305. The van der Waals surface area contributed by atoms with Crippen molar-refractivity contribution in [2.75, 3.05) is 5.75 Å². The van der Waals surface area contributed by atoms with Gasteiger partial charge in [-0.3, -0.25) is 4.79 Å². The van der Waals surface area contributed by atoms with E-state index in [2.05, 4.69) is 26.2 Å². The summed E-state index contributed by atoms with van der Waals surface area (Å²) < 4.78 is 21.4. The Balaban J connectivity index is 1.43. The molecule has 1 fully saturated rings. The number of benzene rings is 1. The molecule has 0 saturated heterocycles. The highest BCUT2D eigenvalue weighted by Crippen LogP contribution is 2.54. The van der Waals surface area contributed by atoms with Gasteiger partial charge in [-0.2, -0.15) is 0 Å². The van der Waals surface area contributed by atoms with E-state index in [0.717, 1.165) is 40.4 Å². The molecule has 1 spiro atoms. The largest absolute Gasteiger partial charge is 0.490 e. The van der Waals surface area contributed by atoms with Gasteiger partial charge in [-0.05, 0) is 43.5 Å². The molecule has 1 saturated carbocycles. The molecule has 1 unspecified atom stereocenters. The lowest BCUT2D eigenvalue weighted by atomic mass is 9.67. The maximum atomic E-state index is 14.1. The first-order valence-electron chi connectivity index (χ1n) is 9.92. The number of nitrogens with one attached hydrogen (secondary N) is 1. The highest BCUT2D eigenvalue weighted by molar-refractivity contribution is 9.10. The van der Waals surface area contributed by atoms with Gasteiger partial charge in [0.2, 0.25) is 0 Å². The zero-order chi connectivity index (χ0) is 21.8. The van der Waals surface area contributed by atoms with Crippen molar-refractivity contribution in [3.8, 4) is 5.75 Å². The van der Waals surface area contributed by atoms with Crippen LogP contribution in [-0.2, 0) is 5.54 Å². The maximum absolute atomic E-state index is 14.1. The SMILES string of the molecule is NC1=NC2(CS1)c1cc(Br)ccc1O[C@H]1CC[C@H](NC(=O)c3ncc(Cl)cc3F)C[C@@H]12. The smallest absolute Gasteiger partial charge is 0.273 e. The van der Waals surface area contributed by atoms with Gasteiger partial charge in [0.05, 0.1) is 5.02 Å². The van der Waals surface area contributed by atoms with Crippen LogP contribution in [0.3, 0.4) is 0 Å². The first-order valence-corrected chi connectivity index (χ1v) is 12.1. The molecule has 1 amide bonds. The summed E-state index contributed by atoms with van der Waals surface area (Å²) in [6.07, 6.45) is 3.36. The Bertz CT molecular complexity index is 1100. The van der Waals surface area contributed by atoms with Crippen LogP contribution in [0.4, 0.5) is 4.39 Å². The number of carbonyl (C=O) groups excluding carboxylic acids is 1. The fraction of sp³-hybridized carbons (Fsp3) is 0.381. The zero-order valence-electron chi connectivity index (χ0n) is 16.3. The van der Waals surface area contributed by atoms with E-state index in [1.165, 1.54) is 6.20 Å². The molecule has 2 aromatic rings. The van der Waals surface area contributed by atoms with Crippen molar-refractivity contribution in [3.63, 3.8) is 0 Å². The Kier molecular flexibility index (Phi) is 5.38. The average molecular weight is 526 g/mol. The molecule has 31 heavy (non-hydrogen) atoms. The molecule has 5 rings (SSSR count). The first-order chi connectivity index (χ1) is 14.9. The molecule has 2 aliphatic heterocycles. The molecule has 0 radical (unpaired) electrons. The lowest BCUT2D eigenvalue weighted by Gasteiger charge is -2.48. The summed E-state index contributed by atoms with van der Waals surface area (Å²) in [4.78, 5) is 21.4. The van der Waals surface area contributed by atoms with Gasteiger partial charge in [0.1, 0.15) is 17.4 Å². The van der Waals surface area contributed by atoms with Crippen molar-refractivity contribution in [3.05, 3.63) is 57.0 Å². The van der Waals surface area contributed by atoms with Crippen LogP contribution in [0, 0.1) is 11.7 Å². The van der Waals surface area contributed by atoms with E-state index < -0.39 is 17.3 Å². The van der Waals surface area contributed by atoms with Crippen molar-refractivity contribution in [1.82, 2.24) is 10.3 Å². The second-order valence-electron chi connectivity index (χ2n) is 8.03. The second-order valence-corrected chi connectivity index (χ2v) is 10.4. The third kappa shape index (κ3) is 3.70. The van der Waals surface area contributed by atoms with Crippen LogP contribution in [0.5, 0.6) is 5.75 Å². The summed E-state index contributed by atoms with van der Waals surface area (Å²) >= 11 is 10.8. The number of amidine groups is 1. The minimum atomic E-state index is -0.737. The maximum Gasteiger partial charge on any atom is 0.273 e. The minimum Gasteiger partial charge on any atom is -0.490 e. The third-order valence-corrected chi connectivity index (χ3v) is 7.87. The van der Waals surface area contributed by atoms with E-state index in [4.69, 9.17) is 27.1 Å². The number of ether oxygens (including phenoxy) is 1. The van der Waals surface area contributed by atoms with Crippen LogP contribution < -0.4 is 15.8 Å². The van der Waals surface area contributed by atoms with Gasteiger partial charge in [-0.15, -0.1) is 0 Å². The summed E-state index contributed by atoms with van der Waals surface area (Å²) in [5, 5.41) is 3.65. The number of nitrogens with zero attached hydrogens (tertiary/aromatic N) is 2. The molecule has 3 N–H and O–H groups in total. The predicted molar refractivity (Wildman–Crippen MR) is 122 cm³/mol. The normalized spacial score (nSPS) is 29.0. The summed E-state index contributed by atoms with van der Waals surface area (Å²) in [5.41, 5.74) is 6.35. The molecule has 3 heterocycles. The summed E-state index contributed by atoms with van der Waals surface area (Å²) in [7, 11) is 0. The van der Waals surface area contributed by atoms with Crippen molar-refractivity contribution < 1.29 is 13.9 Å². The first kappa shape index (κ1) is 21.0. The number of halogens is 3. The Morgan fingerprint density at radius 3 is 2.97 bits per heavy atom. The molecule has 1 aromatic carbocycles. The van der Waals surface area contributed by atoms with Crippen LogP contribution >= 0.6 is 39.3 Å². The number of pyridine rings is 1. The molecule has 1 aromatic heterocycles. The summed E-state index contributed by atoms with van der Waals surface area (Å²) in [6.45, 7) is 0. The van der Waals surface area contributed by atoms with Crippen molar-refractivity contribution in [2.45, 2.75) is 36.9 Å². The Labute approximate surface area is 196 Å². The number of aliphatic imine (C=N–C) groups is 1. The number of carbonyl (C=O) groups is 1. The molecule has 4 atom stereocenters. The average Bonchev–Trinajstić information content (AvgIpc) is 3.12. The van der Waals surface area contributed by atoms with Crippen molar-refractivity contribution >= 4 is 50.4 Å². The number of amides is 1. The Morgan fingerprint density at radius 2 is 2.23 bits per heavy atom. The van der Waals surface area contributed by atoms with E-state index in [9.17, 15) is 9.18 Å². The number of hydrogen-bond acceptors (Lipinski definition) is 6. The van der Waals surface area contributed by atoms with E-state index in [0.29, 0.717) is 11.6 Å². The molecule has 6 nitrogen and oxygen atoms in total. The van der Waals surface area contributed by atoms with Gasteiger partial charge in [0, 0.05) is 33.9 Å². The van der Waals surface area contributed by atoms with Gasteiger partial charge >= 0.3 is 0 Å². The lowest BCUT2D eigenvalue weighted by Crippen LogP contribution is -2.54. The van der Waals surface area contributed by atoms with Gasteiger partial charge in [0.15, 0.2) is 16.7 Å². The number of rotatable bonds is 2. The Morgan fingerprint density at radius 1 is 1.39 bits per heavy atom. The van der Waals surface area contributed by atoms with E-state index in [-0.39, 0.29) is 28.8 Å². The fourth-order valence-corrected chi connectivity index (χ4v) is 6.37. The van der Waals surface area contributed by atoms with Crippen LogP contribution in [0.15, 0.2) is 39.9 Å². The Hall–Kier alpha value is -1.84. The molecule has 10 heteroatoms. The highest BCUT2D eigenvalue weighted by atomic mass is 79.9. The van der Waals surface area contributed by atoms with E-state index in [1.54, 1.807) is 11.8 Å². The predicted octanol–water partition coefficient (Wildman–Crippen LogP) is 4.25. The molecule has 0 bridgehead atoms. The number of thioether (sulfide) groups is 1. The molecule has 162 valence electrons. The van der Waals surface area contributed by atoms with Gasteiger partial charge in [0.25, 0.3) is 5.91 Å². The quantitative estimate of drug-likeness (QED) is 0.612. The minimum absolute atomic E-state index is 0.0255.